The lowest BCUT2D eigenvalue weighted by atomic mass is 9.95. The molecule has 0 radical (unpaired) electrons. The van der Waals surface area contributed by atoms with Crippen molar-refractivity contribution in [1.82, 2.24) is 5.32 Å². The Balaban J connectivity index is 2.02. The van der Waals surface area contributed by atoms with Crippen LogP contribution in [0.25, 0.3) is 10.8 Å². The third-order valence-corrected chi connectivity index (χ3v) is 6.66. The van der Waals surface area contributed by atoms with Crippen molar-refractivity contribution in [2.45, 2.75) is 36.5 Å². The third-order valence-electron chi connectivity index (χ3n) is 5.01. The molecule has 0 aliphatic carbocycles. The summed E-state index contributed by atoms with van der Waals surface area (Å²) in [4.78, 5) is 12.9. The lowest BCUT2D eigenvalue weighted by Gasteiger charge is -2.28. The molecule has 1 heterocycles. The van der Waals surface area contributed by atoms with Crippen LogP contribution in [0, 0.1) is 0 Å². The van der Waals surface area contributed by atoms with Crippen molar-refractivity contribution in [1.29, 1.82) is 0 Å². The van der Waals surface area contributed by atoms with Gasteiger partial charge in [-0.25, -0.2) is 13.6 Å². The number of nitrogens with one attached hydrogen (secondary N) is 1. The van der Waals surface area contributed by atoms with Crippen LogP contribution in [0.2, 0.25) is 0 Å². The zero-order valence-electron chi connectivity index (χ0n) is 13.9. The molecule has 0 saturated carbocycles. The normalized spacial score (nSPS) is 24.5. The number of sulfonamides is 1. The zero-order valence-corrected chi connectivity index (χ0v) is 14.8. The Morgan fingerprint density at radius 2 is 1.96 bits per heavy atom. The van der Waals surface area contributed by atoms with E-state index in [2.05, 4.69) is 11.9 Å². The van der Waals surface area contributed by atoms with Crippen LogP contribution in [0.5, 0.6) is 0 Å². The van der Waals surface area contributed by atoms with Crippen LogP contribution < -0.4 is 10.5 Å². The number of fused-ring (bicyclic) bond motifs is 1. The van der Waals surface area contributed by atoms with Gasteiger partial charge in [0.15, 0.2) is 4.75 Å². The maximum absolute atomic E-state index is 12.9. The molecule has 2 aromatic carbocycles. The molecule has 1 fully saturated rings. The van der Waals surface area contributed by atoms with Crippen molar-refractivity contribution in [3.05, 3.63) is 60.7 Å². The van der Waals surface area contributed by atoms with Crippen LogP contribution in [0.1, 0.15) is 37.3 Å². The zero-order chi connectivity index (χ0) is 18.1. The summed E-state index contributed by atoms with van der Waals surface area (Å²) in [6.07, 6.45) is 2.90. The molecule has 3 N–H and O–H groups in total. The molecule has 0 spiro atoms. The molecule has 2 unspecified atom stereocenters. The number of allylic oxidation sites excluding steroid dienone is 1. The van der Waals surface area contributed by atoms with Gasteiger partial charge < -0.3 is 5.32 Å². The predicted octanol–water partition coefficient (Wildman–Crippen LogP) is 2.78. The molecular weight excluding hydrogens is 336 g/mol. The van der Waals surface area contributed by atoms with Crippen molar-refractivity contribution in [3.63, 3.8) is 0 Å². The van der Waals surface area contributed by atoms with Crippen molar-refractivity contribution >= 4 is 26.7 Å². The van der Waals surface area contributed by atoms with E-state index in [0.29, 0.717) is 12.8 Å². The largest absolute Gasteiger partial charge is 0.348 e. The molecular formula is C19H22N2O3S. The number of hydrogen-bond donors (Lipinski definition) is 2. The fourth-order valence-corrected chi connectivity index (χ4v) is 4.77. The van der Waals surface area contributed by atoms with Crippen molar-refractivity contribution in [3.8, 4) is 0 Å². The van der Waals surface area contributed by atoms with E-state index >= 15 is 0 Å². The second kappa shape index (κ2) is 6.61. The van der Waals surface area contributed by atoms with E-state index < -0.39 is 20.7 Å². The number of carbonyl (C=O) groups is 1. The number of benzene rings is 2. The summed E-state index contributed by atoms with van der Waals surface area (Å²) in [5.74, 6) is -0.537. The lowest BCUT2D eigenvalue weighted by Crippen LogP contribution is -2.54. The summed E-state index contributed by atoms with van der Waals surface area (Å²) in [7, 11) is -4.05. The van der Waals surface area contributed by atoms with Crippen molar-refractivity contribution < 1.29 is 13.2 Å². The first kappa shape index (κ1) is 17.6. The lowest BCUT2D eigenvalue weighted by molar-refractivity contribution is -0.124. The van der Waals surface area contributed by atoms with E-state index in [0.717, 1.165) is 16.3 Å². The van der Waals surface area contributed by atoms with Gasteiger partial charge in [-0.05, 0) is 42.0 Å². The van der Waals surface area contributed by atoms with Crippen LogP contribution in [0.3, 0.4) is 0 Å². The van der Waals surface area contributed by atoms with Gasteiger partial charge in [0.2, 0.25) is 15.9 Å². The highest BCUT2D eigenvalue weighted by Gasteiger charge is 2.49. The number of nitrogens with two attached hydrogens (primary N) is 1. The van der Waals surface area contributed by atoms with Crippen LogP contribution >= 0.6 is 0 Å². The Bertz CT molecular complexity index is 918. The molecule has 1 aliphatic heterocycles. The molecule has 2 aromatic rings. The molecule has 1 aliphatic rings. The van der Waals surface area contributed by atoms with Gasteiger partial charge in [0.25, 0.3) is 0 Å². The average molecular weight is 358 g/mol. The molecule has 1 amide bonds. The van der Waals surface area contributed by atoms with Gasteiger partial charge in [-0.15, -0.1) is 6.58 Å². The molecule has 1 saturated heterocycles. The van der Waals surface area contributed by atoms with Gasteiger partial charge in [-0.1, -0.05) is 48.5 Å². The summed E-state index contributed by atoms with van der Waals surface area (Å²) in [6.45, 7) is 3.60. The Hall–Kier alpha value is -2.18. The van der Waals surface area contributed by atoms with E-state index in [1.807, 2.05) is 42.5 Å². The van der Waals surface area contributed by atoms with E-state index in [1.165, 1.54) is 6.08 Å². The number of amides is 1. The fourth-order valence-electron chi connectivity index (χ4n) is 3.67. The number of rotatable bonds is 4. The second-order valence-corrected chi connectivity index (χ2v) is 8.39. The Morgan fingerprint density at radius 1 is 1.24 bits per heavy atom. The highest BCUT2D eigenvalue weighted by molar-refractivity contribution is 7.91. The first-order chi connectivity index (χ1) is 11.9. The van der Waals surface area contributed by atoms with E-state index in [9.17, 15) is 13.2 Å². The van der Waals surface area contributed by atoms with E-state index in [1.54, 1.807) is 0 Å². The quantitative estimate of drug-likeness (QED) is 0.824. The maximum Gasteiger partial charge on any atom is 0.243 e. The molecule has 25 heavy (non-hydrogen) atoms. The van der Waals surface area contributed by atoms with Gasteiger partial charge in [0, 0.05) is 0 Å². The summed E-state index contributed by atoms with van der Waals surface area (Å²) in [5, 5.41) is 10.5. The summed E-state index contributed by atoms with van der Waals surface area (Å²) in [5.41, 5.74) is 0.996. The van der Waals surface area contributed by atoms with Crippen molar-refractivity contribution in [2.24, 2.45) is 5.14 Å². The van der Waals surface area contributed by atoms with E-state index in [4.69, 9.17) is 5.14 Å². The first-order valence-electron chi connectivity index (χ1n) is 8.31. The Kier molecular flexibility index (Phi) is 4.67. The fraction of sp³-hybridized carbons (Fsp3) is 0.316. The molecule has 0 bridgehead atoms. The highest BCUT2D eigenvalue weighted by Crippen LogP contribution is 2.36. The van der Waals surface area contributed by atoms with Gasteiger partial charge >= 0.3 is 0 Å². The van der Waals surface area contributed by atoms with Gasteiger partial charge in [0.05, 0.1) is 6.04 Å². The SMILES string of the molecule is C=CCC1(S(N)(=O)=O)CCCC(c2cccc3ccccc23)NC1=O. The minimum Gasteiger partial charge on any atom is -0.348 e. The number of hydrogen-bond acceptors (Lipinski definition) is 3. The summed E-state index contributed by atoms with van der Waals surface area (Å²) < 4.78 is 22.7. The van der Waals surface area contributed by atoms with Crippen LogP contribution in [0.15, 0.2) is 55.1 Å². The Morgan fingerprint density at radius 3 is 2.68 bits per heavy atom. The molecule has 0 aromatic heterocycles. The second-order valence-electron chi connectivity index (χ2n) is 6.52. The third kappa shape index (κ3) is 3.07. The van der Waals surface area contributed by atoms with Gasteiger partial charge in [-0.3, -0.25) is 4.79 Å². The molecule has 5 nitrogen and oxygen atoms in total. The molecule has 2 atom stereocenters. The van der Waals surface area contributed by atoms with Crippen LogP contribution in [0.4, 0.5) is 0 Å². The smallest absolute Gasteiger partial charge is 0.243 e. The summed E-state index contributed by atoms with van der Waals surface area (Å²) >= 11 is 0. The van der Waals surface area contributed by atoms with E-state index in [-0.39, 0.29) is 18.9 Å². The highest BCUT2D eigenvalue weighted by atomic mass is 32.2. The van der Waals surface area contributed by atoms with Crippen LogP contribution in [-0.4, -0.2) is 19.1 Å². The minimum atomic E-state index is -4.05. The average Bonchev–Trinajstić information content (AvgIpc) is 2.74. The predicted molar refractivity (Wildman–Crippen MR) is 99.3 cm³/mol. The topological polar surface area (TPSA) is 89.3 Å². The number of primary sulfonamides is 1. The molecule has 132 valence electrons. The first-order valence-corrected chi connectivity index (χ1v) is 9.85. The van der Waals surface area contributed by atoms with Crippen molar-refractivity contribution in [2.75, 3.05) is 0 Å². The molecule has 6 heteroatoms. The van der Waals surface area contributed by atoms with Gasteiger partial charge in [-0.2, -0.15) is 0 Å². The Labute approximate surface area is 148 Å². The van der Waals surface area contributed by atoms with Crippen LogP contribution in [-0.2, 0) is 14.8 Å². The monoisotopic (exact) mass is 358 g/mol. The minimum absolute atomic E-state index is 0.0138. The number of carbonyl (C=O) groups excluding carboxylic acids is 1. The summed E-state index contributed by atoms with van der Waals surface area (Å²) in [6, 6.07) is 13.7. The van der Waals surface area contributed by atoms with Gasteiger partial charge in [0.1, 0.15) is 0 Å². The molecule has 3 rings (SSSR count). The maximum atomic E-state index is 12.9. The standard InChI is InChI=1S/C19H22N2O3S/c1-2-12-19(25(20,23)24)13-6-11-17(21-18(19)22)16-10-5-8-14-7-3-4-9-15(14)16/h2-5,7-10,17H,1,6,11-13H2,(H,21,22)(H2,20,23,24).